The maximum Gasteiger partial charge on any atom is 0.225 e. The smallest absolute Gasteiger partial charge is 0.225 e. The third-order valence-corrected chi connectivity index (χ3v) is 6.53. The predicted molar refractivity (Wildman–Crippen MR) is 136 cm³/mol. The maximum absolute atomic E-state index is 10.3. The average molecular weight is 488 g/mol. The van der Waals surface area contributed by atoms with Crippen molar-refractivity contribution >= 4 is 34.4 Å². The highest BCUT2D eigenvalue weighted by Gasteiger charge is 2.24. The van der Waals surface area contributed by atoms with E-state index in [1.165, 1.54) is 12.1 Å². The van der Waals surface area contributed by atoms with E-state index in [1.807, 2.05) is 4.68 Å². The van der Waals surface area contributed by atoms with Crippen LogP contribution in [0.1, 0.15) is 76.6 Å². The standard InChI is InChI=1S/C24H34ClN7O2/c1-12(2)20-21-22(32(31-20)13(3)4)23(27-11-17-18(33)9-14(25)10-19(17)34)30-24(29-21)28-16-7-5-15(26)6-8-16/h9-10,12-13,15-16,33-34H,5-8,11,26H2,1-4H3,(H2,27,28,29,30). The van der Waals surface area contributed by atoms with Crippen LogP contribution in [-0.4, -0.2) is 42.0 Å². The fourth-order valence-electron chi connectivity index (χ4n) is 4.42. The van der Waals surface area contributed by atoms with E-state index in [2.05, 4.69) is 38.3 Å². The number of phenols is 2. The summed E-state index contributed by atoms with van der Waals surface area (Å²) in [5.74, 6) is 1.13. The lowest BCUT2D eigenvalue weighted by molar-refractivity contribution is 0.410. The van der Waals surface area contributed by atoms with Crippen molar-refractivity contribution in [2.45, 2.75) is 84.0 Å². The highest BCUT2D eigenvalue weighted by atomic mass is 35.5. The van der Waals surface area contributed by atoms with Crippen molar-refractivity contribution in [2.75, 3.05) is 10.6 Å². The molecule has 184 valence electrons. The fraction of sp³-hybridized carbons (Fsp3) is 0.542. The van der Waals surface area contributed by atoms with Gasteiger partial charge in [-0.25, -0.2) is 4.98 Å². The number of nitrogens with zero attached hydrogens (tertiary/aromatic N) is 4. The van der Waals surface area contributed by atoms with Gasteiger partial charge < -0.3 is 26.6 Å². The first-order valence-corrected chi connectivity index (χ1v) is 12.3. The van der Waals surface area contributed by atoms with Crippen LogP contribution < -0.4 is 16.4 Å². The molecule has 1 fully saturated rings. The van der Waals surface area contributed by atoms with Crippen LogP contribution >= 0.6 is 11.6 Å². The molecule has 3 aromatic rings. The highest BCUT2D eigenvalue weighted by Crippen LogP contribution is 2.35. The van der Waals surface area contributed by atoms with E-state index in [4.69, 9.17) is 32.4 Å². The molecule has 0 radical (unpaired) electrons. The summed E-state index contributed by atoms with van der Waals surface area (Å²) in [6.07, 6.45) is 3.89. The van der Waals surface area contributed by atoms with Crippen LogP contribution in [0.3, 0.4) is 0 Å². The summed E-state index contributed by atoms with van der Waals surface area (Å²) in [7, 11) is 0. The molecule has 0 spiro atoms. The Morgan fingerprint density at radius 2 is 1.74 bits per heavy atom. The Morgan fingerprint density at radius 1 is 1.09 bits per heavy atom. The summed E-state index contributed by atoms with van der Waals surface area (Å²) in [6.45, 7) is 8.48. The van der Waals surface area contributed by atoms with Crippen molar-refractivity contribution in [1.29, 1.82) is 0 Å². The van der Waals surface area contributed by atoms with Crippen LogP contribution in [0.25, 0.3) is 11.0 Å². The Balaban J connectivity index is 1.76. The average Bonchev–Trinajstić information content (AvgIpc) is 3.15. The molecule has 0 amide bonds. The van der Waals surface area contributed by atoms with Gasteiger partial charge in [0, 0.05) is 29.7 Å². The van der Waals surface area contributed by atoms with E-state index in [0.717, 1.165) is 42.4 Å². The zero-order chi connectivity index (χ0) is 24.6. The van der Waals surface area contributed by atoms with Gasteiger partial charge in [-0.15, -0.1) is 0 Å². The second-order valence-electron chi connectivity index (χ2n) is 9.70. The van der Waals surface area contributed by atoms with Gasteiger partial charge in [0.05, 0.1) is 11.3 Å². The maximum atomic E-state index is 10.3. The van der Waals surface area contributed by atoms with Crippen LogP contribution in [0.2, 0.25) is 5.02 Å². The Hall–Kier alpha value is -2.78. The van der Waals surface area contributed by atoms with Gasteiger partial charge in [0.25, 0.3) is 0 Å². The van der Waals surface area contributed by atoms with E-state index in [-0.39, 0.29) is 47.1 Å². The first kappa shape index (κ1) is 24.3. The van der Waals surface area contributed by atoms with Crippen LogP contribution in [0, 0.1) is 0 Å². The largest absolute Gasteiger partial charge is 0.507 e. The second-order valence-corrected chi connectivity index (χ2v) is 10.1. The van der Waals surface area contributed by atoms with Crippen LogP contribution in [0.4, 0.5) is 11.8 Å². The zero-order valence-electron chi connectivity index (χ0n) is 20.1. The normalized spacial score (nSPS) is 18.7. The minimum Gasteiger partial charge on any atom is -0.507 e. The Morgan fingerprint density at radius 3 is 2.32 bits per heavy atom. The van der Waals surface area contributed by atoms with E-state index in [1.54, 1.807) is 0 Å². The number of nitrogens with two attached hydrogens (primary N) is 1. The van der Waals surface area contributed by atoms with Crippen LogP contribution in [0.15, 0.2) is 12.1 Å². The lowest BCUT2D eigenvalue weighted by Gasteiger charge is -2.27. The fourth-order valence-corrected chi connectivity index (χ4v) is 4.63. The minimum atomic E-state index is -0.0834. The lowest BCUT2D eigenvalue weighted by Crippen LogP contribution is -2.33. The number of hydrogen-bond donors (Lipinski definition) is 5. The van der Waals surface area contributed by atoms with Gasteiger partial charge in [-0.1, -0.05) is 25.4 Å². The van der Waals surface area contributed by atoms with Gasteiger partial charge in [-0.2, -0.15) is 10.1 Å². The molecule has 2 aromatic heterocycles. The number of anilines is 2. The van der Waals surface area contributed by atoms with Crippen LogP contribution in [0.5, 0.6) is 11.5 Å². The van der Waals surface area contributed by atoms with Gasteiger partial charge in [-0.3, -0.25) is 4.68 Å². The minimum absolute atomic E-state index is 0.0834. The molecule has 1 aliphatic rings. The van der Waals surface area contributed by atoms with Crippen molar-refractivity contribution in [3.63, 3.8) is 0 Å². The van der Waals surface area contributed by atoms with E-state index < -0.39 is 0 Å². The molecule has 1 aromatic carbocycles. The number of halogens is 1. The molecule has 2 heterocycles. The van der Waals surface area contributed by atoms with Gasteiger partial charge >= 0.3 is 0 Å². The molecule has 9 nitrogen and oxygen atoms in total. The summed E-state index contributed by atoms with van der Waals surface area (Å²) in [5.41, 5.74) is 8.90. The molecule has 0 aliphatic heterocycles. The summed E-state index contributed by atoms with van der Waals surface area (Å²) >= 11 is 5.94. The summed E-state index contributed by atoms with van der Waals surface area (Å²) in [5, 5.41) is 32.6. The first-order valence-electron chi connectivity index (χ1n) is 11.9. The number of aromatic hydroxyl groups is 2. The molecule has 0 unspecified atom stereocenters. The summed E-state index contributed by atoms with van der Waals surface area (Å²) in [6, 6.07) is 3.43. The molecule has 6 N–H and O–H groups in total. The summed E-state index contributed by atoms with van der Waals surface area (Å²) < 4.78 is 1.93. The van der Waals surface area contributed by atoms with E-state index >= 15 is 0 Å². The van der Waals surface area contributed by atoms with Crippen LogP contribution in [-0.2, 0) is 6.54 Å². The van der Waals surface area contributed by atoms with Crippen molar-refractivity contribution in [2.24, 2.45) is 5.73 Å². The molecule has 1 aliphatic carbocycles. The van der Waals surface area contributed by atoms with Gasteiger partial charge in [0.15, 0.2) is 5.82 Å². The predicted octanol–water partition coefficient (Wildman–Crippen LogP) is 4.89. The molecule has 10 heteroatoms. The van der Waals surface area contributed by atoms with Crippen molar-refractivity contribution in [3.8, 4) is 11.5 Å². The zero-order valence-corrected chi connectivity index (χ0v) is 20.9. The number of phenolic OH excluding ortho intramolecular Hbond substituents is 2. The van der Waals surface area contributed by atoms with Gasteiger partial charge in [0.2, 0.25) is 5.95 Å². The monoisotopic (exact) mass is 487 g/mol. The quantitative estimate of drug-likeness (QED) is 0.318. The van der Waals surface area contributed by atoms with E-state index in [9.17, 15) is 10.2 Å². The molecule has 34 heavy (non-hydrogen) atoms. The third kappa shape index (κ3) is 5.00. The molecule has 1 saturated carbocycles. The Labute approximate surface area is 204 Å². The van der Waals surface area contributed by atoms with E-state index in [0.29, 0.717) is 17.3 Å². The molecule has 0 bridgehead atoms. The highest BCUT2D eigenvalue weighted by molar-refractivity contribution is 6.30. The van der Waals surface area contributed by atoms with Crippen molar-refractivity contribution < 1.29 is 10.2 Å². The lowest BCUT2D eigenvalue weighted by atomic mass is 9.92. The van der Waals surface area contributed by atoms with Gasteiger partial charge in [0.1, 0.15) is 22.5 Å². The molecule has 0 saturated heterocycles. The van der Waals surface area contributed by atoms with Crippen molar-refractivity contribution in [3.05, 3.63) is 28.4 Å². The number of hydrogen-bond acceptors (Lipinski definition) is 8. The molecular formula is C24H34ClN7O2. The van der Waals surface area contributed by atoms with Crippen molar-refractivity contribution in [1.82, 2.24) is 19.7 Å². The molecule has 0 atom stereocenters. The third-order valence-electron chi connectivity index (χ3n) is 6.31. The summed E-state index contributed by atoms with van der Waals surface area (Å²) in [4.78, 5) is 9.69. The Bertz CT molecular complexity index is 1150. The topological polar surface area (TPSA) is 134 Å². The second kappa shape index (κ2) is 9.84. The molecule has 4 rings (SSSR count). The SMILES string of the molecule is CC(C)c1nn(C(C)C)c2c(NCc3c(O)cc(Cl)cc3O)nc(NC3CCC(N)CC3)nc12. The molecular weight excluding hydrogens is 454 g/mol. The first-order chi connectivity index (χ1) is 16.1. The number of rotatable bonds is 7. The number of aromatic nitrogens is 4. The Kier molecular flexibility index (Phi) is 7.04. The number of fused-ring (bicyclic) bond motifs is 1. The number of nitrogens with one attached hydrogen (secondary N) is 2. The number of benzene rings is 1. The van der Waals surface area contributed by atoms with Gasteiger partial charge in [-0.05, 0) is 57.6 Å².